The fourth-order valence-electron chi connectivity index (χ4n) is 6.30. The van der Waals surface area contributed by atoms with Gasteiger partial charge in [0.2, 0.25) is 0 Å². The Bertz CT molecular complexity index is 806. The van der Waals surface area contributed by atoms with Crippen LogP contribution in [0.15, 0.2) is 48.5 Å². The van der Waals surface area contributed by atoms with Crippen LogP contribution in [0.5, 0.6) is 11.5 Å². The van der Waals surface area contributed by atoms with Crippen molar-refractivity contribution in [3.63, 3.8) is 0 Å². The minimum atomic E-state index is 0.253. The van der Waals surface area contributed by atoms with Crippen LogP contribution in [0, 0.1) is 11.8 Å². The molecule has 0 bridgehead atoms. The molecule has 2 atom stereocenters. The van der Waals surface area contributed by atoms with Crippen molar-refractivity contribution >= 4 is 5.78 Å². The summed E-state index contributed by atoms with van der Waals surface area (Å²) in [5.74, 6) is 3.89. The van der Waals surface area contributed by atoms with E-state index in [1.165, 1.54) is 62.5 Å². The molecule has 4 rings (SSSR count). The molecule has 0 saturated heterocycles. The van der Waals surface area contributed by atoms with Gasteiger partial charge in [-0.15, -0.1) is 0 Å². The van der Waals surface area contributed by atoms with Gasteiger partial charge in [0.1, 0.15) is 17.3 Å². The van der Waals surface area contributed by atoms with Crippen LogP contribution in [0.3, 0.4) is 0 Å². The summed E-state index contributed by atoms with van der Waals surface area (Å²) in [6.07, 6.45) is 11.2. The van der Waals surface area contributed by atoms with Crippen LogP contribution in [-0.2, 0) is 4.79 Å². The Morgan fingerprint density at radius 2 is 1.09 bits per heavy atom. The van der Waals surface area contributed by atoms with Crippen LogP contribution in [0.25, 0.3) is 0 Å². The Kier molecular flexibility index (Phi) is 7.89. The summed E-state index contributed by atoms with van der Waals surface area (Å²) < 4.78 is 11.4. The molecule has 0 aliphatic heterocycles. The van der Waals surface area contributed by atoms with Crippen molar-refractivity contribution in [3.8, 4) is 11.5 Å². The van der Waals surface area contributed by atoms with E-state index >= 15 is 0 Å². The SMILES string of the molecule is COc1ccccc1[C@@H](CC(=O)C[C@H](c1ccccc1OC)C1CCCC1)C1CCCC1. The standard InChI is InChI=1S/C29H38O3/c1-31-28-17-9-7-15-24(28)26(21-11-3-4-12-21)19-23(30)20-27(22-13-5-6-14-22)25-16-8-10-18-29(25)32-2/h7-10,15-18,21-22,26-27H,3-6,11-14,19-20H2,1-2H3/t26-,27-/m0/s1. The minimum absolute atomic E-state index is 0.253. The number of carbonyl (C=O) groups is 1. The van der Waals surface area contributed by atoms with Gasteiger partial charge in [0, 0.05) is 12.8 Å². The van der Waals surface area contributed by atoms with Crippen LogP contribution < -0.4 is 9.47 Å². The van der Waals surface area contributed by atoms with Crippen molar-refractivity contribution in [3.05, 3.63) is 59.7 Å². The normalized spacial score (nSPS) is 19.1. The Morgan fingerprint density at radius 3 is 1.47 bits per heavy atom. The number of carbonyl (C=O) groups excluding carboxylic acids is 1. The maximum Gasteiger partial charge on any atom is 0.134 e. The van der Waals surface area contributed by atoms with Crippen molar-refractivity contribution in [1.29, 1.82) is 0 Å². The molecule has 0 aromatic heterocycles. The molecule has 3 nitrogen and oxygen atoms in total. The zero-order valence-corrected chi connectivity index (χ0v) is 19.7. The molecule has 2 aromatic carbocycles. The number of para-hydroxylation sites is 2. The maximum absolute atomic E-state index is 13.6. The Balaban J connectivity index is 1.57. The quantitative estimate of drug-likeness (QED) is 0.393. The summed E-state index contributed by atoms with van der Waals surface area (Å²) in [7, 11) is 3.48. The van der Waals surface area contributed by atoms with Crippen molar-refractivity contribution in [1.82, 2.24) is 0 Å². The average molecular weight is 435 g/mol. The van der Waals surface area contributed by atoms with Gasteiger partial charge in [-0.2, -0.15) is 0 Å². The van der Waals surface area contributed by atoms with E-state index in [0.717, 1.165) is 11.5 Å². The largest absolute Gasteiger partial charge is 0.496 e. The van der Waals surface area contributed by atoms with Gasteiger partial charge < -0.3 is 9.47 Å². The lowest BCUT2D eigenvalue weighted by Crippen LogP contribution is -2.20. The molecule has 2 aliphatic carbocycles. The third-order valence-corrected chi connectivity index (χ3v) is 7.91. The molecule has 2 fully saturated rings. The van der Waals surface area contributed by atoms with E-state index in [0.29, 0.717) is 30.5 Å². The van der Waals surface area contributed by atoms with Crippen LogP contribution in [0.1, 0.15) is 87.2 Å². The molecule has 0 unspecified atom stereocenters. The van der Waals surface area contributed by atoms with Crippen LogP contribution in [0.2, 0.25) is 0 Å². The predicted molar refractivity (Wildman–Crippen MR) is 130 cm³/mol. The third kappa shape index (κ3) is 5.19. The predicted octanol–water partition coefficient (Wildman–Crippen LogP) is 7.30. The van der Waals surface area contributed by atoms with Crippen LogP contribution >= 0.6 is 0 Å². The van der Waals surface area contributed by atoms with E-state index in [2.05, 4.69) is 24.3 Å². The number of methoxy groups -OCH3 is 2. The summed E-state index contributed by atoms with van der Waals surface area (Å²) in [6.45, 7) is 0. The highest BCUT2D eigenvalue weighted by Gasteiger charge is 2.34. The molecule has 0 amide bonds. The molecule has 2 aliphatic rings. The van der Waals surface area contributed by atoms with Gasteiger partial charge in [-0.25, -0.2) is 0 Å². The highest BCUT2D eigenvalue weighted by Crippen LogP contribution is 2.45. The molecule has 32 heavy (non-hydrogen) atoms. The summed E-state index contributed by atoms with van der Waals surface area (Å²) in [6, 6.07) is 16.6. The first-order chi connectivity index (χ1) is 15.7. The van der Waals surface area contributed by atoms with E-state index in [1.807, 2.05) is 24.3 Å². The van der Waals surface area contributed by atoms with Crippen molar-refractivity contribution in [2.45, 2.75) is 76.0 Å². The zero-order chi connectivity index (χ0) is 22.3. The number of benzene rings is 2. The monoisotopic (exact) mass is 434 g/mol. The number of hydrogen-bond acceptors (Lipinski definition) is 3. The number of Topliss-reactive ketones (excluding diaryl/α,β-unsaturated/α-hetero) is 1. The molecule has 3 heteroatoms. The minimum Gasteiger partial charge on any atom is -0.496 e. The maximum atomic E-state index is 13.6. The van der Waals surface area contributed by atoms with Gasteiger partial charge in [-0.1, -0.05) is 62.1 Å². The molecule has 0 heterocycles. The second-order valence-electron chi connectivity index (χ2n) is 9.73. The van der Waals surface area contributed by atoms with Crippen LogP contribution in [0.4, 0.5) is 0 Å². The lowest BCUT2D eigenvalue weighted by Gasteiger charge is -2.28. The van der Waals surface area contributed by atoms with Gasteiger partial charge in [-0.05, 0) is 72.6 Å². The van der Waals surface area contributed by atoms with Gasteiger partial charge >= 0.3 is 0 Å². The number of hydrogen-bond donors (Lipinski definition) is 0. The molecule has 0 N–H and O–H groups in total. The Labute approximate surface area is 193 Å². The van der Waals surface area contributed by atoms with Crippen molar-refractivity contribution in [2.24, 2.45) is 11.8 Å². The third-order valence-electron chi connectivity index (χ3n) is 7.91. The summed E-state index contributed by atoms with van der Waals surface area (Å²) in [5, 5.41) is 0. The van der Waals surface area contributed by atoms with Gasteiger partial charge in [0.05, 0.1) is 14.2 Å². The molecule has 0 spiro atoms. The van der Waals surface area contributed by atoms with Crippen molar-refractivity contribution < 1.29 is 14.3 Å². The van der Waals surface area contributed by atoms with Gasteiger partial charge in [-0.3, -0.25) is 4.79 Å². The fraction of sp³-hybridized carbons (Fsp3) is 0.552. The molecule has 2 aromatic rings. The number of ether oxygens (including phenoxy) is 2. The van der Waals surface area contributed by atoms with E-state index in [9.17, 15) is 4.79 Å². The van der Waals surface area contributed by atoms with Crippen LogP contribution in [-0.4, -0.2) is 20.0 Å². The first kappa shape index (κ1) is 22.9. The molecule has 0 radical (unpaired) electrons. The number of rotatable bonds is 10. The summed E-state index contributed by atoms with van der Waals surface area (Å²) in [4.78, 5) is 13.6. The lowest BCUT2D eigenvalue weighted by molar-refractivity contribution is -0.120. The summed E-state index contributed by atoms with van der Waals surface area (Å²) in [5.41, 5.74) is 2.43. The summed E-state index contributed by atoms with van der Waals surface area (Å²) >= 11 is 0. The molecular formula is C29H38O3. The van der Waals surface area contributed by atoms with E-state index in [-0.39, 0.29) is 11.8 Å². The van der Waals surface area contributed by atoms with E-state index in [4.69, 9.17) is 9.47 Å². The zero-order valence-electron chi connectivity index (χ0n) is 19.7. The second-order valence-corrected chi connectivity index (χ2v) is 9.73. The Morgan fingerprint density at radius 1 is 0.719 bits per heavy atom. The molecule has 2 saturated carbocycles. The smallest absolute Gasteiger partial charge is 0.134 e. The second kappa shape index (κ2) is 11.0. The first-order valence-corrected chi connectivity index (χ1v) is 12.5. The highest BCUT2D eigenvalue weighted by molar-refractivity contribution is 5.80. The van der Waals surface area contributed by atoms with Gasteiger partial charge in [0.15, 0.2) is 0 Å². The fourth-order valence-corrected chi connectivity index (χ4v) is 6.30. The Hall–Kier alpha value is -2.29. The van der Waals surface area contributed by atoms with E-state index in [1.54, 1.807) is 14.2 Å². The topological polar surface area (TPSA) is 35.5 Å². The average Bonchev–Trinajstić information content (AvgIpc) is 3.56. The van der Waals surface area contributed by atoms with E-state index < -0.39 is 0 Å². The first-order valence-electron chi connectivity index (χ1n) is 12.5. The number of ketones is 1. The molecule has 172 valence electrons. The lowest BCUT2D eigenvalue weighted by atomic mass is 9.76. The van der Waals surface area contributed by atoms with Crippen molar-refractivity contribution in [2.75, 3.05) is 14.2 Å². The molecular weight excluding hydrogens is 396 g/mol. The van der Waals surface area contributed by atoms with Gasteiger partial charge in [0.25, 0.3) is 0 Å². The highest BCUT2D eigenvalue weighted by atomic mass is 16.5.